The fourth-order valence-electron chi connectivity index (χ4n) is 2.72. The van der Waals surface area contributed by atoms with Crippen molar-refractivity contribution in [2.24, 2.45) is 5.73 Å². The fraction of sp³-hybridized carbons (Fsp3) is 0.227. The van der Waals surface area contributed by atoms with Crippen LogP contribution < -0.4 is 16.5 Å². The van der Waals surface area contributed by atoms with E-state index >= 15 is 0 Å². The number of carbonyl (C=O) groups is 1. The fourth-order valence-corrected chi connectivity index (χ4v) is 2.72. The number of H-pyrrole nitrogens is 1. The molecule has 0 bridgehead atoms. The molecular formula is C22H22N4O2. The summed E-state index contributed by atoms with van der Waals surface area (Å²) in [6.07, 6.45) is 4.47. The largest absolute Gasteiger partial charge is 0.345 e. The molecule has 3 rings (SSSR count). The van der Waals surface area contributed by atoms with Crippen LogP contribution in [-0.4, -0.2) is 21.4 Å². The second kappa shape index (κ2) is 8.07. The maximum absolute atomic E-state index is 12.6. The molecule has 4 N–H and O–H groups in total. The number of nitrogens with zero attached hydrogens (tertiary/aromatic N) is 1. The minimum Gasteiger partial charge on any atom is -0.345 e. The van der Waals surface area contributed by atoms with Gasteiger partial charge >= 0.3 is 0 Å². The monoisotopic (exact) mass is 374 g/mol. The van der Waals surface area contributed by atoms with Gasteiger partial charge in [0.1, 0.15) is 11.2 Å². The standard InChI is InChI=1S/C22H22N4O2/c1-3-22(23,4-2)11-10-15-7-5-8-16(13-15)26-21(28)18-14-25-20-17(19(18)27)9-6-12-24-20/h5-9,12-14H,3-4,23H2,1-2H3,(H,26,28)(H,24,25,27). The zero-order valence-electron chi connectivity index (χ0n) is 15.9. The molecular weight excluding hydrogens is 352 g/mol. The summed E-state index contributed by atoms with van der Waals surface area (Å²) in [4.78, 5) is 32.1. The Balaban J connectivity index is 1.85. The van der Waals surface area contributed by atoms with Crippen molar-refractivity contribution in [3.63, 3.8) is 0 Å². The normalized spacial score (nSPS) is 11.0. The second-order valence-electron chi connectivity index (χ2n) is 6.58. The molecule has 1 amide bonds. The number of pyridine rings is 2. The molecule has 0 aliphatic carbocycles. The predicted octanol–water partition coefficient (Wildman–Crippen LogP) is 3.04. The first kappa shape index (κ1) is 19.3. The highest BCUT2D eigenvalue weighted by Gasteiger charge is 2.16. The van der Waals surface area contributed by atoms with E-state index in [1.54, 1.807) is 36.5 Å². The van der Waals surface area contributed by atoms with Crippen molar-refractivity contribution in [2.75, 3.05) is 5.32 Å². The second-order valence-corrected chi connectivity index (χ2v) is 6.58. The SMILES string of the molecule is CCC(N)(C#Cc1cccc(NC(=O)c2c[nH]c3ncccc3c2=O)c1)CC. The van der Waals surface area contributed by atoms with Gasteiger partial charge in [-0.25, -0.2) is 4.98 Å². The molecule has 0 atom stereocenters. The third kappa shape index (κ3) is 4.11. The Morgan fingerprint density at radius 1 is 1.25 bits per heavy atom. The van der Waals surface area contributed by atoms with Crippen LogP contribution >= 0.6 is 0 Å². The van der Waals surface area contributed by atoms with Crippen LogP contribution in [0.2, 0.25) is 0 Å². The molecule has 28 heavy (non-hydrogen) atoms. The highest BCUT2D eigenvalue weighted by atomic mass is 16.2. The van der Waals surface area contributed by atoms with Crippen molar-refractivity contribution < 1.29 is 4.79 Å². The number of aromatic amines is 1. The van der Waals surface area contributed by atoms with E-state index in [2.05, 4.69) is 27.1 Å². The molecule has 6 heteroatoms. The van der Waals surface area contributed by atoms with Gasteiger partial charge in [0, 0.05) is 23.6 Å². The van der Waals surface area contributed by atoms with Crippen LogP contribution in [0.5, 0.6) is 0 Å². The van der Waals surface area contributed by atoms with Gasteiger partial charge in [-0.3, -0.25) is 9.59 Å². The highest BCUT2D eigenvalue weighted by Crippen LogP contribution is 2.14. The number of hydrogen-bond acceptors (Lipinski definition) is 4. The number of aromatic nitrogens is 2. The molecule has 0 saturated heterocycles. The third-order valence-electron chi connectivity index (χ3n) is 4.73. The van der Waals surface area contributed by atoms with Crippen molar-refractivity contribution in [1.82, 2.24) is 9.97 Å². The molecule has 3 aromatic rings. The number of nitrogens with two attached hydrogens (primary N) is 1. The molecule has 142 valence electrons. The van der Waals surface area contributed by atoms with E-state index in [0.717, 1.165) is 18.4 Å². The minimum atomic E-state index is -0.522. The van der Waals surface area contributed by atoms with Crippen molar-refractivity contribution in [3.8, 4) is 11.8 Å². The van der Waals surface area contributed by atoms with Gasteiger partial charge in [0.2, 0.25) is 5.43 Å². The lowest BCUT2D eigenvalue weighted by molar-refractivity contribution is 0.102. The van der Waals surface area contributed by atoms with E-state index in [4.69, 9.17) is 5.73 Å². The minimum absolute atomic E-state index is 0.0231. The summed E-state index contributed by atoms with van der Waals surface area (Å²) in [6.45, 7) is 4.01. The van der Waals surface area contributed by atoms with Crippen molar-refractivity contribution >= 4 is 22.6 Å². The first-order valence-electron chi connectivity index (χ1n) is 9.15. The summed E-state index contributed by atoms with van der Waals surface area (Å²) in [5.74, 6) is 5.69. The number of benzene rings is 1. The van der Waals surface area contributed by atoms with Crippen LogP contribution in [0, 0.1) is 11.8 Å². The zero-order chi connectivity index (χ0) is 20.1. The van der Waals surface area contributed by atoms with E-state index in [9.17, 15) is 9.59 Å². The molecule has 1 aromatic carbocycles. The Morgan fingerprint density at radius 3 is 2.79 bits per heavy atom. The van der Waals surface area contributed by atoms with E-state index in [1.165, 1.54) is 6.20 Å². The van der Waals surface area contributed by atoms with Gasteiger partial charge in [-0.2, -0.15) is 0 Å². The van der Waals surface area contributed by atoms with Gasteiger partial charge in [-0.1, -0.05) is 31.8 Å². The zero-order valence-corrected chi connectivity index (χ0v) is 15.9. The first-order valence-corrected chi connectivity index (χ1v) is 9.15. The molecule has 0 aliphatic rings. The Morgan fingerprint density at radius 2 is 2.04 bits per heavy atom. The summed E-state index contributed by atoms with van der Waals surface area (Å²) in [7, 11) is 0. The van der Waals surface area contributed by atoms with Crippen LogP contribution in [-0.2, 0) is 0 Å². The highest BCUT2D eigenvalue weighted by molar-refractivity contribution is 6.05. The lowest BCUT2D eigenvalue weighted by Gasteiger charge is -2.18. The smallest absolute Gasteiger partial charge is 0.261 e. The van der Waals surface area contributed by atoms with E-state index < -0.39 is 11.4 Å². The lowest BCUT2D eigenvalue weighted by Crippen LogP contribution is -2.36. The van der Waals surface area contributed by atoms with E-state index in [0.29, 0.717) is 16.7 Å². The van der Waals surface area contributed by atoms with Crippen molar-refractivity contribution in [1.29, 1.82) is 0 Å². The Labute approximate surface area is 163 Å². The average molecular weight is 374 g/mol. The number of rotatable bonds is 4. The lowest BCUT2D eigenvalue weighted by atomic mass is 9.95. The van der Waals surface area contributed by atoms with Gasteiger partial charge in [0.05, 0.1) is 10.9 Å². The van der Waals surface area contributed by atoms with Crippen LogP contribution in [0.3, 0.4) is 0 Å². The molecule has 0 aliphatic heterocycles. The number of amides is 1. The molecule has 0 saturated carbocycles. The van der Waals surface area contributed by atoms with Gasteiger partial charge in [0.15, 0.2) is 0 Å². The first-order chi connectivity index (χ1) is 13.5. The average Bonchev–Trinajstić information content (AvgIpc) is 2.72. The number of fused-ring (bicyclic) bond motifs is 1. The number of anilines is 1. The van der Waals surface area contributed by atoms with E-state index in [-0.39, 0.29) is 11.0 Å². The molecule has 6 nitrogen and oxygen atoms in total. The Bertz CT molecular complexity index is 1130. The predicted molar refractivity (Wildman–Crippen MR) is 111 cm³/mol. The molecule has 0 fully saturated rings. The maximum Gasteiger partial charge on any atom is 0.261 e. The van der Waals surface area contributed by atoms with Gasteiger partial charge in [-0.05, 0) is 43.2 Å². The quantitative estimate of drug-likeness (QED) is 0.611. The number of hydrogen-bond donors (Lipinski definition) is 3. The Kier molecular flexibility index (Phi) is 5.57. The molecule has 2 aromatic heterocycles. The molecule has 0 unspecified atom stereocenters. The van der Waals surface area contributed by atoms with Crippen LogP contribution in [0.1, 0.15) is 42.6 Å². The number of nitrogens with one attached hydrogen (secondary N) is 2. The molecule has 0 radical (unpaired) electrons. The topological polar surface area (TPSA) is 101 Å². The third-order valence-corrected chi connectivity index (χ3v) is 4.73. The summed E-state index contributed by atoms with van der Waals surface area (Å²) >= 11 is 0. The van der Waals surface area contributed by atoms with Gasteiger partial charge in [0.25, 0.3) is 5.91 Å². The molecule has 0 spiro atoms. The van der Waals surface area contributed by atoms with Crippen LogP contribution in [0.4, 0.5) is 5.69 Å². The van der Waals surface area contributed by atoms with Crippen molar-refractivity contribution in [2.45, 2.75) is 32.2 Å². The Hall–Kier alpha value is -3.43. The summed E-state index contributed by atoms with van der Waals surface area (Å²) < 4.78 is 0. The van der Waals surface area contributed by atoms with Crippen LogP contribution in [0.25, 0.3) is 11.0 Å². The summed E-state index contributed by atoms with van der Waals surface area (Å²) in [6, 6.07) is 10.4. The summed E-state index contributed by atoms with van der Waals surface area (Å²) in [5, 5.41) is 3.12. The summed E-state index contributed by atoms with van der Waals surface area (Å²) in [5.41, 5.74) is 7.09. The van der Waals surface area contributed by atoms with Gasteiger partial charge < -0.3 is 16.0 Å². The molecule has 2 heterocycles. The maximum atomic E-state index is 12.6. The van der Waals surface area contributed by atoms with Crippen LogP contribution in [0.15, 0.2) is 53.6 Å². The van der Waals surface area contributed by atoms with E-state index in [1.807, 2.05) is 19.9 Å². The van der Waals surface area contributed by atoms with Crippen molar-refractivity contribution in [3.05, 3.63) is 70.1 Å². The number of carbonyl (C=O) groups excluding carboxylic acids is 1. The van der Waals surface area contributed by atoms with Gasteiger partial charge in [-0.15, -0.1) is 0 Å².